The zero-order valence-electron chi connectivity index (χ0n) is 9.43. The maximum atomic E-state index is 13.3. The van der Waals surface area contributed by atoms with Crippen LogP contribution in [0.25, 0.3) is 0 Å². The van der Waals surface area contributed by atoms with E-state index in [-0.39, 0.29) is 17.7 Å². The van der Waals surface area contributed by atoms with E-state index in [0.29, 0.717) is 10.0 Å². The Balaban J connectivity index is 2.20. The highest BCUT2D eigenvalue weighted by molar-refractivity contribution is 9.10. The van der Waals surface area contributed by atoms with Gasteiger partial charge < -0.3 is 10.1 Å². The van der Waals surface area contributed by atoms with Crippen LogP contribution in [-0.4, -0.2) is 19.1 Å². The van der Waals surface area contributed by atoms with Gasteiger partial charge in [0.25, 0.3) is 5.91 Å². The number of methoxy groups -OCH3 is 1. The van der Waals surface area contributed by atoms with E-state index >= 15 is 0 Å². The van der Waals surface area contributed by atoms with Gasteiger partial charge in [0.2, 0.25) is 0 Å². The molecular formula is C12H13BrFNO2. The summed E-state index contributed by atoms with van der Waals surface area (Å²) in [7, 11) is 1.37. The molecule has 5 heteroatoms. The van der Waals surface area contributed by atoms with Crippen molar-refractivity contribution in [3.63, 3.8) is 0 Å². The number of hydrogen-bond donors (Lipinski definition) is 1. The van der Waals surface area contributed by atoms with Gasteiger partial charge in [-0.1, -0.05) is 0 Å². The Kier molecular flexibility index (Phi) is 3.66. The number of carbonyl (C=O) groups is 1. The average Bonchev–Trinajstić information content (AvgIpc) is 2.23. The van der Waals surface area contributed by atoms with Crippen LogP contribution in [0.2, 0.25) is 0 Å². The maximum Gasteiger partial charge on any atom is 0.252 e. The number of amides is 1. The van der Waals surface area contributed by atoms with Crippen LogP contribution >= 0.6 is 15.9 Å². The Hall–Kier alpha value is -1.10. The summed E-state index contributed by atoms with van der Waals surface area (Å²) in [6, 6.07) is 2.91. The largest absolute Gasteiger partial charge is 0.494 e. The molecule has 1 N–H and O–H groups in total. The van der Waals surface area contributed by atoms with Crippen molar-refractivity contribution in [2.24, 2.45) is 0 Å². The Morgan fingerprint density at radius 2 is 2.24 bits per heavy atom. The molecule has 1 amide bonds. The van der Waals surface area contributed by atoms with Gasteiger partial charge in [-0.15, -0.1) is 0 Å². The molecule has 92 valence electrons. The molecule has 1 aliphatic rings. The second kappa shape index (κ2) is 5.04. The Morgan fingerprint density at radius 1 is 1.53 bits per heavy atom. The number of hydrogen-bond acceptors (Lipinski definition) is 2. The summed E-state index contributed by atoms with van der Waals surface area (Å²) in [5.74, 6) is -0.605. The summed E-state index contributed by atoms with van der Waals surface area (Å²) >= 11 is 3.18. The highest BCUT2D eigenvalue weighted by Crippen LogP contribution is 2.27. The van der Waals surface area contributed by atoms with Gasteiger partial charge in [0.15, 0.2) is 11.6 Å². The average molecular weight is 302 g/mol. The molecule has 0 unspecified atom stereocenters. The summed E-state index contributed by atoms with van der Waals surface area (Å²) in [5, 5.41) is 2.90. The van der Waals surface area contributed by atoms with E-state index in [4.69, 9.17) is 4.74 Å². The van der Waals surface area contributed by atoms with Gasteiger partial charge in [-0.25, -0.2) is 4.39 Å². The lowest BCUT2D eigenvalue weighted by atomic mass is 9.93. The third kappa shape index (κ3) is 2.60. The van der Waals surface area contributed by atoms with E-state index in [1.165, 1.54) is 19.2 Å². The molecule has 1 aliphatic carbocycles. The monoisotopic (exact) mass is 301 g/mol. The topological polar surface area (TPSA) is 38.3 Å². The lowest BCUT2D eigenvalue weighted by molar-refractivity contribution is 0.0915. The Bertz CT molecular complexity index is 446. The first-order chi connectivity index (χ1) is 8.11. The molecule has 2 rings (SSSR count). The number of halogens is 2. The van der Waals surface area contributed by atoms with Gasteiger partial charge in [0, 0.05) is 10.5 Å². The third-order valence-electron chi connectivity index (χ3n) is 2.93. The smallest absolute Gasteiger partial charge is 0.252 e. The zero-order chi connectivity index (χ0) is 12.4. The highest BCUT2D eigenvalue weighted by Gasteiger charge is 2.22. The fourth-order valence-electron chi connectivity index (χ4n) is 1.68. The van der Waals surface area contributed by atoms with Crippen LogP contribution < -0.4 is 10.1 Å². The van der Waals surface area contributed by atoms with E-state index in [0.717, 1.165) is 19.3 Å². The standard InChI is InChI=1S/C12H13BrFNO2/c1-17-11-5-8(9(13)6-10(11)14)12(16)15-7-3-2-4-7/h5-7H,2-4H2,1H3,(H,15,16). The van der Waals surface area contributed by atoms with Crippen molar-refractivity contribution in [3.05, 3.63) is 28.0 Å². The first-order valence-electron chi connectivity index (χ1n) is 5.45. The number of benzene rings is 1. The van der Waals surface area contributed by atoms with Crippen LogP contribution in [0.15, 0.2) is 16.6 Å². The molecule has 0 aliphatic heterocycles. The molecule has 0 saturated heterocycles. The Morgan fingerprint density at radius 3 is 2.76 bits per heavy atom. The fraction of sp³-hybridized carbons (Fsp3) is 0.417. The van der Waals surface area contributed by atoms with Crippen molar-refractivity contribution < 1.29 is 13.9 Å². The van der Waals surface area contributed by atoms with Crippen LogP contribution in [-0.2, 0) is 0 Å². The minimum atomic E-state index is -0.487. The first-order valence-corrected chi connectivity index (χ1v) is 6.25. The zero-order valence-corrected chi connectivity index (χ0v) is 11.0. The van der Waals surface area contributed by atoms with Crippen molar-refractivity contribution in [1.29, 1.82) is 0 Å². The molecule has 0 aromatic heterocycles. The molecular weight excluding hydrogens is 289 g/mol. The summed E-state index contributed by atoms with van der Waals surface area (Å²) in [5.41, 5.74) is 0.398. The fourth-order valence-corrected chi connectivity index (χ4v) is 2.17. The minimum Gasteiger partial charge on any atom is -0.494 e. The molecule has 3 nitrogen and oxygen atoms in total. The lowest BCUT2D eigenvalue weighted by Crippen LogP contribution is -2.39. The second-order valence-electron chi connectivity index (χ2n) is 4.07. The molecule has 17 heavy (non-hydrogen) atoms. The van der Waals surface area contributed by atoms with Gasteiger partial charge in [0.1, 0.15) is 0 Å². The maximum absolute atomic E-state index is 13.3. The van der Waals surface area contributed by atoms with Crippen molar-refractivity contribution in [2.75, 3.05) is 7.11 Å². The molecule has 0 spiro atoms. The highest BCUT2D eigenvalue weighted by atomic mass is 79.9. The van der Waals surface area contributed by atoms with Crippen molar-refractivity contribution in [2.45, 2.75) is 25.3 Å². The SMILES string of the molecule is COc1cc(C(=O)NC2CCC2)c(Br)cc1F. The Labute approximate surface area is 107 Å². The van der Waals surface area contributed by atoms with Crippen molar-refractivity contribution in [1.82, 2.24) is 5.32 Å². The van der Waals surface area contributed by atoms with Crippen LogP contribution in [0.5, 0.6) is 5.75 Å². The van der Waals surface area contributed by atoms with Crippen LogP contribution in [0, 0.1) is 5.82 Å². The van der Waals surface area contributed by atoms with Gasteiger partial charge in [0.05, 0.1) is 12.7 Å². The number of nitrogens with one attached hydrogen (secondary N) is 1. The van der Waals surface area contributed by atoms with Crippen molar-refractivity contribution in [3.8, 4) is 5.75 Å². The summed E-state index contributed by atoms with van der Waals surface area (Å²) in [6.07, 6.45) is 3.18. The quantitative estimate of drug-likeness (QED) is 0.932. The predicted molar refractivity (Wildman–Crippen MR) is 65.8 cm³/mol. The second-order valence-corrected chi connectivity index (χ2v) is 4.92. The molecule has 1 fully saturated rings. The predicted octanol–water partition coefficient (Wildman–Crippen LogP) is 2.88. The van der Waals surface area contributed by atoms with E-state index < -0.39 is 5.82 Å². The number of ether oxygens (including phenoxy) is 1. The third-order valence-corrected chi connectivity index (χ3v) is 3.58. The van der Waals surface area contributed by atoms with Crippen LogP contribution in [0.4, 0.5) is 4.39 Å². The molecule has 1 aromatic rings. The molecule has 1 aromatic carbocycles. The van der Waals surface area contributed by atoms with E-state index in [9.17, 15) is 9.18 Å². The summed E-state index contributed by atoms with van der Waals surface area (Å²) in [6.45, 7) is 0. The summed E-state index contributed by atoms with van der Waals surface area (Å²) in [4.78, 5) is 11.9. The molecule has 0 heterocycles. The van der Waals surface area contributed by atoms with Crippen molar-refractivity contribution >= 4 is 21.8 Å². The van der Waals surface area contributed by atoms with Gasteiger partial charge in [-0.2, -0.15) is 0 Å². The van der Waals surface area contributed by atoms with Crippen LogP contribution in [0.3, 0.4) is 0 Å². The van der Waals surface area contributed by atoms with E-state index in [1.807, 2.05) is 0 Å². The molecule has 0 atom stereocenters. The number of carbonyl (C=O) groups excluding carboxylic acids is 1. The summed E-state index contributed by atoms with van der Waals surface area (Å²) < 4.78 is 18.6. The van der Waals surface area contributed by atoms with Gasteiger partial charge in [-0.05, 0) is 47.3 Å². The van der Waals surface area contributed by atoms with Crippen LogP contribution in [0.1, 0.15) is 29.6 Å². The number of rotatable bonds is 3. The van der Waals surface area contributed by atoms with Gasteiger partial charge >= 0.3 is 0 Å². The lowest BCUT2D eigenvalue weighted by Gasteiger charge is -2.26. The normalized spacial score (nSPS) is 15.2. The molecule has 1 saturated carbocycles. The molecule has 0 bridgehead atoms. The first kappa shape index (κ1) is 12.4. The van der Waals surface area contributed by atoms with Gasteiger partial charge in [-0.3, -0.25) is 4.79 Å². The molecule has 0 radical (unpaired) electrons. The van der Waals surface area contributed by atoms with E-state index in [1.54, 1.807) is 0 Å². The van der Waals surface area contributed by atoms with E-state index in [2.05, 4.69) is 21.2 Å². The minimum absolute atomic E-state index is 0.0759.